The molecular weight excluding hydrogens is 252 g/mol. The van der Waals surface area contributed by atoms with Crippen LogP contribution >= 0.6 is 0 Å². The largest absolute Gasteiger partial charge is 0.494 e. The highest BCUT2D eigenvalue weighted by Crippen LogP contribution is 2.26. The fourth-order valence-electron chi connectivity index (χ4n) is 2.00. The molecule has 0 aromatic heterocycles. The van der Waals surface area contributed by atoms with E-state index in [4.69, 9.17) is 4.74 Å². The van der Waals surface area contributed by atoms with Crippen LogP contribution in [-0.2, 0) is 0 Å². The number of urea groups is 1. The average Bonchev–Trinajstić information content (AvgIpc) is 2.41. The third-order valence-corrected chi connectivity index (χ3v) is 3.10. The van der Waals surface area contributed by atoms with E-state index in [9.17, 15) is 4.79 Å². The highest BCUT2D eigenvalue weighted by Gasteiger charge is 2.14. The second-order valence-electron chi connectivity index (χ2n) is 4.95. The number of aryl methyl sites for hydroxylation is 1. The highest BCUT2D eigenvalue weighted by atomic mass is 16.5. The summed E-state index contributed by atoms with van der Waals surface area (Å²) in [4.78, 5) is 11.8. The summed E-state index contributed by atoms with van der Waals surface area (Å²) in [6.45, 7) is 9.39. The molecule has 112 valence electrons. The standard InChI is InChI=1S/C16H26N2O2/c1-5-7-10-17-16(19)18-13(4)14-11-12(3)8-9-15(14)20-6-2/h8-9,11,13H,5-7,10H2,1-4H3,(H2,17,18,19). The van der Waals surface area contributed by atoms with Crippen molar-refractivity contribution in [2.75, 3.05) is 13.2 Å². The zero-order chi connectivity index (χ0) is 15.0. The molecule has 0 aliphatic carbocycles. The number of carbonyl (C=O) groups is 1. The molecule has 0 spiro atoms. The molecule has 0 aliphatic heterocycles. The lowest BCUT2D eigenvalue weighted by molar-refractivity contribution is 0.237. The molecule has 0 aliphatic rings. The van der Waals surface area contributed by atoms with Gasteiger partial charge in [-0.2, -0.15) is 0 Å². The van der Waals surface area contributed by atoms with Gasteiger partial charge in [0.15, 0.2) is 0 Å². The first kappa shape index (κ1) is 16.3. The van der Waals surface area contributed by atoms with Crippen LogP contribution < -0.4 is 15.4 Å². The molecule has 1 rings (SSSR count). The van der Waals surface area contributed by atoms with E-state index in [0.29, 0.717) is 13.2 Å². The van der Waals surface area contributed by atoms with Crippen LogP contribution in [0.25, 0.3) is 0 Å². The number of amides is 2. The predicted octanol–water partition coefficient (Wildman–Crippen LogP) is 3.55. The van der Waals surface area contributed by atoms with Crippen LogP contribution in [0.15, 0.2) is 18.2 Å². The van der Waals surface area contributed by atoms with Gasteiger partial charge in [0.1, 0.15) is 5.75 Å². The van der Waals surface area contributed by atoms with Crippen LogP contribution in [0, 0.1) is 6.92 Å². The molecule has 0 saturated carbocycles. The topological polar surface area (TPSA) is 50.4 Å². The lowest BCUT2D eigenvalue weighted by atomic mass is 10.0. The van der Waals surface area contributed by atoms with Gasteiger partial charge in [-0.15, -0.1) is 0 Å². The zero-order valence-electron chi connectivity index (χ0n) is 13.0. The van der Waals surface area contributed by atoms with Crippen molar-refractivity contribution < 1.29 is 9.53 Å². The fraction of sp³-hybridized carbons (Fsp3) is 0.562. The Morgan fingerprint density at radius 2 is 2.10 bits per heavy atom. The quantitative estimate of drug-likeness (QED) is 0.749. The Balaban J connectivity index is 2.68. The van der Waals surface area contributed by atoms with Crippen LogP contribution in [0.1, 0.15) is 50.8 Å². The number of nitrogens with one attached hydrogen (secondary N) is 2. The summed E-state index contributed by atoms with van der Waals surface area (Å²) in [7, 11) is 0. The summed E-state index contributed by atoms with van der Waals surface area (Å²) in [5.74, 6) is 0.833. The minimum Gasteiger partial charge on any atom is -0.494 e. The van der Waals surface area contributed by atoms with Crippen LogP contribution in [0.4, 0.5) is 4.79 Å². The lowest BCUT2D eigenvalue weighted by Gasteiger charge is -2.19. The molecule has 1 aromatic carbocycles. The van der Waals surface area contributed by atoms with Crippen LogP contribution in [0.2, 0.25) is 0 Å². The second-order valence-corrected chi connectivity index (χ2v) is 4.95. The molecule has 0 heterocycles. The first-order chi connectivity index (χ1) is 9.58. The summed E-state index contributed by atoms with van der Waals surface area (Å²) in [6.07, 6.45) is 2.07. The third kappa shape index (κ3) is 5.11. The molecule has 0 saturated heterocycles. The van der Waals surface area contributed by atoms with Gasteiger partial charge >= 0.3 is 6.03 Å². The Bertz CT molecular complexity index is 432. The van der Waals surface area contributed by atoms with Crippen molar-refractivity contribution in [3.8, 4) is 5.75 Å². The van der Waals surface area contributed by atoms with Crippen molar-refractivity contribution in [1.29, 1.82) is 0 Å². The van der Waals surface area contributed by atoms with Gasteiger partial charge < -0.3 is 15.4 Å². The van der Waals surface area contributed by atoms with E-state index in [1.54, 1.807) is 0 Å². The smallest absolute Gasteiger partial charge is 0.315 e. The SMILES string of the molecule is CCCCNC(=O)NC(C)c1cc(C)ccc1OCC. The summed E-state index contributed by atoms with van der Waals surface area (Å²) in [5.41, 5.74) is 2.17. The maximum absolute atomic E-state index is 11.8. The monoisotopic (exact) mass is 278 g/mol. The Morgan fingerprint density at radius 1 is 1.35 bits per heavy atom. The minimum atomic E-state index is -0.130. The molecule has 1 unspecified atom stereocenters. The summed E-state index contributed by atoms with van der Waals surface area (Å²) in [5, 5.41) is 5.81. The zero-order valence-corrected chi connectivity index (χ0v) is 13.0. The molecule has 2 amide bonds. The van der Waals surface area contributed by atoms with Gasteiger partial charge in [0, 0.05) is 12.1 Å². The normalized spacial score (nSPS) is 11.8. The van der Waals surface area contributed by atoms with Crippen molar-refractivity contribution in [3.63, 3.8) is 0 Å². The number of hydrogen-bond donors (Lipinski definition) is 2. The molecule has 1 atom stereocenters. The Hall–Kier alpha value is -1.71. The fourth-order valence-corrected chi connectivity index (χ4v) is 2.00. The number of ether oxygens (including phenoxy) is 1. The third-order valence-electron chi connectivity index (χ3n) is 3.10. The predicted molar refractivity (Wildman–Crippen MR) is 82.2 cm³/mol. The van der Waals surface area contributed by atoms with E-state index >= 15 is 0 Å². The van der Waals surface area contributed by atoms with Crippen molar-refractivity contribution in [2.45, 2.75) is 46.6 Å². The van der Waals surface area contributed by atoms with Gasteiger partial charge in [-0.3, -0.25) is 0 Å². The molecule has 20 heavy (non-hydrogen) atoms. The summed E-state index contributed by atoms with van der Waals surface area (Å²) < 4.78 is 5.62. The lowest BCUT2D eigenvalue weighted by Crippen LogP contribution is -2.37. The van der Waals surface area contributed by atoms with Gasteiger partial charge in [-0.1, -0.05) is 31.0 Å². The van der Waals surface area contributed by atoms with Gasteiger partial charge in [0.05, 0.1) is 12.6 Å². The molecular formula is C16H26N2O2. The Kier molecular flexibility index (Phi) is 6.91. The van der Waals surface area contributed by atoms with Crippen LogP contribution in [0.5, 0.6) is 5.75 Å². The van der Waals surface area contributed by atoms with Crippen molar-refractivity contribution in [2.24, 2.45) is 0 Å². The van der Waals surface area contributed by atoms with E-state index in [0.717, 1.165) is 29.7 Å². The van der Waals surface area contributed by atoms with E-state index in [1.165, 1.54) is 0 Å². The number of carbonyl (C=O) groups excluding carboxylic acids is 1. The van der Waals surface area contributed by atoms with Crippen LogP contribution in [-0.4, -0.2) is 19.2 Å². The maximum atomic E-state index is 11.8. The molecule has 1 aromatic rings. The van der Waals surface area contributed by atoms with E-state index in [2.05, 4.69) is 23.6 Å². The van der Waals surface area contributed by atoms with Gasteiger partial charge in [-0.05, 0) is 33.3 Å². The van der Waals surface area contributed by atoms with Gasteiger partial charge in [0.25, 0.3) is 0 Å². The van der Waals surface area contributed by atoms with E-state index in [1.807, 2.05) is 32.9 Å². The average molecular weight is 278 g/mol. The molecule has 2 N–H and O–H groups in total. The highest BCUT2D eigenvalue weighted by molar-refractivity contribution is 5.74. The maximum Gasteiger partial charge on any atom is 0.315 e. The van der Waals surface area contributed by atoms with Gasteiger partial charge in [0.2, 0.25) is 0 Å². The van der Waals surface area contributed by atoms with E-state index < -0.39 is 0 Å². The second kappa shape index (κ2) is 8.46. The molecule has 4 heteroatoms. The number of benzene rings is 1. The molecule has 0 bridgehead atoms. The Labute approximate surface area is 121 Å². The minimum absolute atomic E-state index is 0.0851. The van der Waals surface area contributed by atoms with Crippen molar-refractivity contribution in [3.05, 3.63) is 29.3 Å². The number of rotatable bonds is 7. The van der Waals surface area contributed by atoms with Crippen molar-refractivity contribution in [1.82, 2.24) is 10.6 Å². The number of unbranched alkanes of at least 4 members (excludes halogenated alkanes) is 1. The van der Waals surface area contributed by atoms with Gasteiger partial charge in [-0.25, -0.2) is 4.79 Å². The Morgan fingerprint density at radius 3 is 2.75 bits per heavy atom. The van der Waals surface area contributed by atoms with Crippen LogP contribution in [0.3, 0.4) is 0 Å². The first-order valence-corrected chi connectivity index (χ1v) is 7.36. The van der Waals surface area contributed by atoms with E-state index in [-0.39, 0.29) is 12.1 Å². The van der Waals surface area contributed by atoms with Crippen molar-refractivity contribution >= 4 is 6.03 Å². The summed E-state index contributed by atoms with van der Waals surface area (Å²) >= 11 is 0. The number of hydrogen-bond acceptors (Lipinski definition) is 2. The first-order valence-electron chi connectivity index (χ1n) is 7.36. The summed E-state index contributed by atoms with van der Waals surface area (Å²) in [6, 6.07) is 5.82. The molecule has 0 fully saturated rings. The molecule has 0 radical (unpaired) electrons. The molecule has 4 nitrogen and oxygen atoms in total.